The molecule has 13 heavy (non-hydrogen) atoms. The summed E-state index contributed by atoms with van der Waals surface area (Å²) in [6.07, 6.45) is 1.04. The minimum atomic E-state index is -0.674. The zero-order valence-corrected chi connectivity index (χ0v) is 7.53. The standard InChI is InChI=1S/C9H10FN3/c1-6(2)8-7-4-3-5-13(7)12-9(10)11-8/h3-6H,1-2H3. The highest BCUT2D eigenvalue weighted by atomic mass is 19.1. The molecule has 0 aliphatic carbocycles. The van der Waals surface area contributed by atoms with Crippen LogP contribution in [0.25, 0.3) is 5.52 Å². The summed E-state index contributed by atoms with van der Waals surface area (Å²) in [6, 6.07) is 3.71. The van der Waals surface area contributed by atoms with Crippen LogP contribution in [-0.2, 0) is 0 Å². The molecule has 68 valence electrons. The van der Waals surface area contributed by atoms with Crippen LogP contribution in [0, 0.1) is 6.08 Å². The van der Waals surface area contributed by atoms with Crippen molar-refractivity contribution in [2.24, 2.45) is 0 Å². The SMILES string of the molecule is CC(C)c1nc(F)nn2cccc12. The van der Waals surface area contributed by atoms with Crippen molar-refractivity contribution in [2.75, 3.05) is 0 Å². The van der Waals surface area contributed by atoms with Crippen molar-refractivity contribution in [2.45, 2.75) is 19.8 Å². The van der Waals surface area contributed by atoms with Gasteiger partial charge in [0.15, 0.2) is 0 Å². The van der Waals surface area contributed by atoms with Crippen LogP contribution in [0.5, 0.6) is 0 Å². The molecule has 3 nitrogen and oxygen atoms in total. The molecular weight excluding hydrogens is 169 g/mol. The van der Waals surface area contributed by atoms with Crippen molar-refractivity contribution >= 4 is 5.52 Å². The van der Waals surface area contributed by atoms with Crippen LogP contribution < -0.4 is 0 Å². The number of fused-ring (bicyclic) bond motifs is 1. The van der Waals surface area contributed by atoms with E-state index in [9.17, 15) is 4.39 Å². The van der Waals surface area contributed by atoms with Gasteiger partial charge < -0.3 is 0 Å². The second kappa shape index (κ2) is 2.80. The predicted octanol–water partition coefficient (Wildman–Crippen LogP) is 1.99. The lowest BCUT2D eigenvalue weighted by molar-refractivity contribution is 0.501. The van der Waals surface area contributed by atoms with Gasteiger partial charge in [0.1, 0.15) is 0 Å². The summed E-state index contributed by atoms with van der Waals surface area (Å²) in [5, 5.41) is 3.62. The smallest absolute Gasteiger partial charge is 0.235 e. The van der Waals surface area contributed by atoms with Crippen LogP contribution in [0.1, 0.15) is 25.5 Å². The summed E-state index contributed by atoms with van der Waals surface area (Å²) in [5.74, 6) is 0.204. The van der Waals surface area contributed by atoms with Gasteiger partial charge in [-0.15, -0.1) is 5.10 Å². The van der Waals surface area contributed by atoms with Gasteiger partial charge in [-0.1, -0.05) is 13.8 Å². The molecule has 0 unspecified atom stereocenters. The van der Waals surface area contributed by atoms with Crippen molar-refractivity contribution in [1.29, 1.82) is 0 Å². The fourth-order valence-corrected chi connectivity index (χ4v) is 1.36. The molecule has 0 spiro atoms. The third-order valence-electron chi connectivity index (χ3n) is 1.94. The maximum absolute atomic E-state index is 12.9. The van der Waals surface area contributed by atoms with Gasteiger partial charge in [0.25, 0.3) is 0 Å². The van der Waals surface area contributed by atoms with Crippen LogP contribution in [0.2, 0.25) is 0 Å². The van der Waals surface area contributed by atoms with Crippen molar-refractivity contribution < 1.29 is 4.39 Å². The highest BCUT2D eigenvalue weighted by molar-refractivity contribution is 5.51. The molecule has 0 radical (unpaired) electrons. The number of hydrogen-bond acceptors (Lipinski definition) is 2. The predicted molar refractivity (Wildman–Crippen MR) is 47.0 cm³/mol. The fourth-order valence-electron chi connectivity index (χ4n) is 1.36. The molecule has 0 aliphatic heterocycles. The summed E-state index contributed by atoms with van der Waals surface area (Å²) in [7, 11) is 0. The Morgan fingerprint density at radius 1 is 1.46 bits per heavy atom. The lowest BCUT2D eigenvalue weighted by Gasteiger charge is -2.05. The van der Waals surface area contributed by atoms with E-state index >= 15 is 0 Å². The molecule has 4 heteroatoms. The monoisotopic (exact) mass is 179 g/mol. The first-order chi connectivity index (χ1) is 6.18. The molecule has 2 aromatic heterocycles. The molecular formula is C9H10FN3. The molecule has 2 heterocycles. The van der Waals surface area contributed by atoms with E-state index in [0.29, 0.717) is 0 Å². The number of rotatable bonds is 1. The van der Waals surface area contributed by atoms with Crippen molar-refractivity contribution in [3.05, 3.63) is 30.1 Å². The highest BCUT2D eigenvalue weighted by Crippen LogP contribution is 2.17. The Balaban J connectivity index is 2.77. The summed E-state index contributed by atoms with van der Waals surface area (Å²) in [5.41, 5.74) is 1.62. The lowest BCUT2D eigenvalue weighted by atomic mass is 10.1. The Morgan fingerprint density at radius 3 is 2.92 bits per heavy atom. The Hall–Kier alpha value is -1.45. The summed E-state index contributed by atoms with van der Waals surface area (Å²) in [4.78, 5) is 3.77. The minimum Gasteiger partial charge on any atom is -0.235 e. The van der Waals surface area contributed by atoms with Gasteiger partial charge in [-0.25, -0.2) is 9.50 Å². The molecule has 0 aliphatic rings. The quantitative estimate of drug-likeness (QED) is 0.670. The van der Waals surface area contributed by atoms with E-state index in [4.69, 9.17) is 0 Å². The van der Waals surface area contributed by atoms with Crippen LogP contribution in [0.15, 0.2) is 18.3 Å². The van der Waals surface area contributed by atoms with E-state index in [1.165, 1.54) is 4.52 Å². The van der Waals surface area contributed by atoms with Crippen molar-refractivity contribution in [3.8, 4) is 0 Å². The molecule has 0 saturated heterocycles. The summed E-state index contributed by atoms with van der Waals surface area (Å²) < 4.78 is 14.4. The summed E-state index contributed by atoms with van der Waals surface area (Å²) >= 11 is 0. The Bertz CT molecular complexity index is 433. The normalized spacial score (nSPS) is 11.4. The average molecular weight is 179 g/mol. The zero-order valence-electron chi connectivity index (χ0n) is 7.53. The topological polar surface area (TPSA) is 30.2 Å². The Morgan fingerprint density at radius 2 is 2.23 bits per heavy atom. The molecule has 0 aromatic carbocycles. The van der Waals surface area contributed by atoms with Crippen LogP contribution in [0.4, 0.5) is 4.39 Å². The third-order valence-corrected chi connectivity index (χ3v) is 1.94. The molecule has 2 rings (SSSR count). The maximum Gasteiger partial charge on any atom is 0.326 e. The van der Waals surface area contributed by atoms with Crippen molar-refractivity contribution in [1.82, 2.24) is 14.6 Å². The molecule has 0 fully saturated rings. The van der Waals surface area contributed by atoms with E-state index in [0.717, 1.165) is 11.2 Å². The largest absolute Gasteiger partial charge is 0.326 e. The van der Waals surface area contributed by atoms with E-state index in [1.807, 2.05) is 26.0 Å². The van der Waals surface area contributed by atoms with Crippen LogP contribution in [-0.4, -0.2) is 14.6 Å². The lowest BCUT2D eigenvalue weighted by Crippen LogP contribution is -2.04. The van der Waals surface area contributed by atoms with Gasteiger partial charge in [-0.3, -0.25) is 0 Å². The highest BCUT2D eigenvalue weighted by Gasteiger charge is 2.09. The molecule has 0 saturated carbocycles. The molecule has 0 atom stereocenters. The second-order valence-corrected chi connectivity index (χ2v) is 3.26. The van der Waals surface area contributed by atoms with Gasteiger partial charge in [0, 0.05) is 6.20 Å². The molecule has 0 bridgehead atoms. The number of aromatic nitrogens is 3. The third kappa shape index (κ3) is 1.28. The average Bonchev–Trinajstić information content (AvgIpc) is 2.49. The van der Waals surface area contributed by atoms with Gasteiger partial charge in [0.05, 0.1) is 11.2 Å². The maximum atomic E-state index is 12.9. The van der Waals surface area contributed by atoms with Crippen LogP contribution >= 0.6 is 0 Å². The van der Waals surface area contributed by atoms with Crippen LogP contribution in [0.3, 0.4) is 0 Å². The van der Waals surface area contributed by atoms with Gasteiger partial charge in [-0.05, 0) is 18.1 Å². The Labute approximate surface area is 75.2 Å². The molecule has 0 N–H and O–H groups in total. The first kappa shape index (κ1) is 8.16. The number of hydrogen-bond donors (Lipinski definition) is 0. The van der Waals surface area contributed by atoms with Gasteiger partial charge in [-0.2, -0.15) is 4.39 Å². The summed E-state index contributed by atoms with van der Waals surface area (Å²) in [6.45, 7) is 3.96. The fraction of sp³-hybridized carbons (Fsp3) is 0.333. The van der Waals surface area contributed by atoms with E-state index in [1.54, 1.807) is 6.20 Å². The molecule has 2 aromatic rings. The van der Waals surface area contributed by atoms with Gasteiger partial charge in [0.2, 0.25) is 0 Å². The van der Waals surface area contributed by atoms with E-state index in [-0.39, 0.29) is 5.92 Å². The minimum absolute atomic E-state index is 0.204. The first-order valence-corrected chi connectivity index (χ1v) is 4.19. The number of nitrogens with zero attached hydrogens (tertiary/aromatic N) is 3. The van der Waals surface area contributed by atoms with Gasteiger partial charge >= 0.3 is 6.08 Å². The van der Waals surface area contributed by atoms with E-state index < -0.39 is 6.08 Å². The Kier molecular flexibility index (Phi) is 1.76. The van der Waals surface area contributed by atoms with E-state index in [2.05, 4.69) is 10.1 Å². The molecule has 0 amide bonds. The zero-order chi connectivity index (χ0) is 9.42. The first-order valence-electron chi connectivity index (χ1n) is 4.19. The second-order valence-electron chi connectivity index (χ2n) is 3.26. The van der Waals surface area contributed by atoms with Crippen molar-refractivity contribution in [3.63, 3.8) is 0 Å². The number of halogens is 1.